The molecule has 18 heavy (non-hydrogen) atoms. The van der Waals surface area contributed by atoms with E-state index in [1.165, 1.54) is 17.7 Å². The molecule has 0 fully saturated rings. The van der Waals surface area contributed by atoms with E-state index in [1.54, 1.807) is 18.4 Å². The van der Waals surface area contributed by atoms with Gasteiger partial charge in [-0.05, 0) is 48.2 Å². The summed E-state index contributed by atoms with van der Waals surface area (Å²) >= 11 is 1.61. The number of thiophene rings is 1. The molecule has 0 aliphatic heterocycles. The third-order valence-electron chi connectivity index (χ3n) is 2.93. The summed E-state index contributed by atoms with van der Waals surface area (Å²) in [6.45, 7) is 2.07. The Morgan fingerprint density at radius 2 is 1.89 bits per heavy atom. The molecule has 0 aliphatic rings. The highest BCUT2D eigenvalue weighted by Crippen LogP contribution is 2.30. The van der Waals surface area contributed by atoms with Crippen molar-refractivity contribution < 1.29 is 8.78 Å². The Balaban J connectivity index is 2.45. The van der Waals surface area contributed by atoms with Crippen LogP contribution in [0.15, 0.2) is 29.6 Å². The predicted molar refractivity (Wildman–Crippen MR) is 71.0 cm³/mol. The first-order valence-electron chi connectivity index (χ1n) is 5.85. The second-order valence-corrected chi connectivity index (χ2v) is 5.04. The van der Waals surface area contributed by atoms with Gasteiger partial charge in [-0.15, -0.1) is 11.3 Å². The first kappa shape index (κ1) is 13.2. The second kappa shape index (κ2) is 5.59. The molecule has 0 saturated carbocycles. The maximum atomic E-state index is 13.3. The summed E-state index contributed by atoms with van der Waals surface area (Å²) in [5, 5.41) is 5.14. The van der Waals surface area contributed by atoms with Crippen LogP contribution < -0.4 is 5.32 Å². The highest BCUT2D eigenvalue weighted by Gasteiger charge is 2.18. The minimum Gasteiger partial charge on any atom is -0.309 e. The number of aryl methyl sites for hydroxylation is 1. The van der Waals surface area contributed by atoms with Gasteiger partial charge in [-0.1, -0.05) is 6.92 Å². The number of halogens is 2. The molecule has 0 saturated heterocycles. The van der Waals surface area contributed by atoms with Crippen molar-refractivity contribution >= 4 is 11.3 Å². The molecule has 0 spiro atoms. The lowest BCUT2D eigenvalue weighted by Gasteiger charge is -2.17. The van der Waals surface area contributed by atoms with Crippen LogP contribution in [-0.2, 0) is 6.42 Å². The third kappa shape index (κ3) is 2.60. The Labute approximate surface area is 109 Å². The van der Waals surface area contributed by atoms with Crippen molar-refractivity contribution in [2.75, 3.05) is 7.05 Å². The lowest BCUT2D eigenvalue weighted by atomic mass is 10.0. The predicted octanol–water partition coefficient (Wildman–Crippen LogP) is 3.90. The molecule has 1 heterocycles. The zero-order valence-electron chi connectivity index (χ0n) is 10.3. The van der Waals surface area contributed by atoms with Crippen molar-refractivity contribution in [2.45, 2.75) is 19.4 Å². The minimum atomic E-state index is -0.542. The van der Waals surface area contributed by atoms with Gasteiger partial charge in [-0.3, -0.25) is 0 Å². The summed E-state index contributed by atoms with van der Waals surface area (Å²) in [6, 6.07) is 5.54. The molecule has 1 aromatic carbocycles. The van der Waals surface area contributed by atoms with E-state index in [-0.39, 0.29) is 6.04 Å². The Bertz CT molecular complexity index is 516. The first-order valence-corrected chi connectivity index (χ1v) is 6.73. The molecule has 96 valence electrons. The largest absolute Gasteiger partial charge is 0.309 e. The molecule has 0 amide bonds. The number of hydrogen-bond acceptors (Lipinski definition) is 2. The average molecular weight is 267 g/mol. The zero-order chi connectivity index (χ0) is 13.1. The maximum Gasteiger partial charge on any atom is 0.126 e. The van der Waals surface area contributed by atoms with Gasteiger partial charge in [0.2, 0.25) is 0 Å². The number of hydrogen-bond donors (Lipinski definition) is 1. The highest BCUT2D eigenvalue weighted by molar-refractivity contribution is 7.10. The maximum absolute atomic E-state index is 13.3. The fourth-order valence-corrected chi connectivity index (χ4v) is 3.22. The standard InChI is InChI=1S/C14H15F2NS/c1-3-9-4-5-18-14(9)13(17-2)10-6-11(15)8-12(16)7-10/h4-8,13,17H,3H2,1-2H3. The average Bonchev–Trinajstić information content (AvgIpc) is 2.77. The molecule has 0 radical (unpaired) electrons. The third-order valence-corrected chi connectivity index (χ3v) is 3.95. The first-order chi connectivity index (χ1) is 8.65. The quantitative estimate of drug-likeness (QED) is 0.886. The van der Waals surface area contributed by atoms with Crippen LogP contribution in [0.3, 0.4) is 0 Å². The van der Waals surface area contributed by atoms with E-state index < -0.39 is 11.6 Å². The van der Waals surface area contributed by atoms with Crippen LogP contribution >= 0.6 is 11.3 Å². The van der Waals surface area contributed by atoms with E-state index in [1.807, 2.05) is 5.38 Å². The number of rotatable bonds is 4. The molecule has 0 aliphatic carbocycles. The van der Waals surface area contributed by atoms with Crippen LogP contribution in [0.25, 0.3) is 0 Å². The Morgan fingerprint density at radius 3 is 2.44 bits per heavy atom. The van der Waals surface area contributed by atoms with Gasteiger partial charge in [0.05, 0.1) is 6.04 Å². The number of nitrogens with one attached hydrogen (secondary N) is 1. The van der Waals surface area contributed by atoms with E-state index in [0.29, 0.717) is 5.56 Å². The summed E-state index contributed by atoms with van der Waals surface area (Å²) in [4.78, 5) is 1.12. The molecule has 0 bridgehead atoms. The molecule has 4 heteroatoms. The van der Waals surface area contributed by atoms with Gasteiger partial charge in [-0.2, -0.15) is 0 Å². The molecular formula is C14H15F2NS. The molecule has 2 rings (SSSR count). The smallest absolute Gasteiger partial charge is 0.126 e. The van der Waals surface area contributed by atoms with Crippen LogP contribution in [0, 0.1) is 11.6 Å². The summed E-state index contributed by atoms with van der Waals surface area (Å²) in [5.74, 6) is -1.08. The summed E-state index contributed by atoms with van der Waals surface area (Å²) in [5.41, 5.74) is 1.83. The van der Waals surface area contributed by atoms with E-state index in [9.17, 15) is 8.78 Å². The van der Waals surface area contributed by atoms with Gasteiger partial charge in [0.25, 0.3) is 0 Å². The fourth-order valence-electron chi connectivity index (χ4n) is 2.08. The van der Waals surface area contributed by atoms with Gasteiger partial charge in [0.1, 0.15) is 11.6 Å². The van der Waals surface area contributed by atoms with Crippen molar-refractivity contribution in [3.8, 4) is 0 Å². The monoisotopic (exact) mass is 267 g/mol. The van der Waals surface area contributed by atoms with E-state index in [4.69, 9.17) is 0 Å². The molecule has 2 aromatic rings. The van der Waals surface area contributed by atoms with E-state index in [2.05, 4.69) is 18.3 Å². The second-order valence-electron chi connectivity index (χ2n) is 4.09. The normalized spacial score (nSPS) is 12.7. The van der Waals surface area contributed by atoms with Crippen LogP contribution in [0.1, 0.15) is 29.0 Å². The fraction of sp³-hybridized carbons (Fsp3) is 0.286. The van der Waals surface area contributed by atoms with Crippen molar-refractivity contribution in [3.63, 3.8) is 0 Å². The van der Waals surface area contributed by atoms with Crippen LogP contribution in [0.5, 0.6) is 0 Å². The van der Waals surface area contributed by atoms with E-state index in [0.717, 1.165) is 17.4 Å². The van der Waals surface area contributed by atoms with Crippen molar-refractivity contribution in [2.24, 2.45) is 0 Å². The van der Waals surface area contributed by atoms with Crippen LogP contribution in [0.4, 0.5) is 8.78 Å². The molecule has 1 nitrogen and oxygen atoms in total. The van der Waals surface area contributed by atoms with Crippen molar-refractivity contribution in [1.82, 2.24) is 5.32 Å². The zero-order valence-corrected chi connectivity index (χ0v) is 11.2. The lowest BCUT2D eigenvalue weighted by molar-refractivity contribution is 0.572. The minimum absolute atomic E-state index is 0.162. The SMILES string of the molecule is CCc1ccsc1C(NC)c1cc(F)cc(F)c1. The molecule has 1 atom stereocenters. The summed E-state index contributed by atoms with van der Waals surface area (Å²) in [7, 11) is 1.80. The van der Waals surface area contributed by atoms with Gasteiger partial charge in [0.15, 0.2) is 0 Å². The molecule has 1 unspecified atom stereocenters. The number of benzene rings is 1. The summed E-state index contributed by atoms with van der Waals surface area (Å²) in [6.07, 6.45) is 0.912. The van der Waals surface area contributed by atoms with Gasteiger partial charge in [-0.25, -0.2) is 8.78 Å². The Hall–Kier alpha value is -1.26. The molecular weight excluding hydrogens is 252 g/mol. The van der Waals surface area contributed by atoms with Gasteiger partial charge < -0.3 is 5.32 Å². The Kier molecular flexibility index (Phi) is 4.09. The van der Waals surface area contributed by atoms with Crippen LogP contribution in [0.2, 0.25) is 0 Å². The van der Waals surface area contributed by atoms with Crippen molar-refractivity contribution in [3.05, 3.63) is 57.3 Å². The molecule has 1 N–H and O–H groups in total. The Morgan fingerprint density at radius 1 is 1.22 bits per heavy atom. The van der Waals surface area contributed by atoms with Crippen LogP contribution in [-0.4, -0.2) is 7.05 Å². The van der Waals surface area contributed by atoms with E-state index >= 15 is 0 Å². The lowest BCUT2D eigenvalue weighted by Crippen LogP contribution is -2.18. The van der Waals surface area contributed by atoms with Crippen molar-refractivity contribution in [1.29, 1.82) is 0 Å². The summed E-state index contributed by atoms with van der Waals surface area (Å²) < 4.78 is 26.6. The topological polar surface area (TPSA) is 12.0 Å². The van der Waals surface area contributed by atoms with Gasteiger partial charge in [0, 0.05) is 10.9 Å². The highest BCUT2D eigenvalue weighted by atomic mass is 32.1. The molecule has 1 aromatic heterocycles. The van der Waals surface area contributed by atoms with Gasteiger partial charge >= 0.3 is 0 Å².